The summed E-state index contributed by atoms with van der Waals surface area (Å²) in [6, 6.07) is 0. The molecule has 0 bridgehead atoms. The summed E-state index contributed by atoms with van der Waals surface area (Å²) in [6.07, 6.45) is 12.2. The fourth-order valence-electron chi connectivity index (χ4n) is 1.81. The molecule has 0 amide bonds. The zero-order valence-electron chi connectivity index (χ0n) is 11.6. The van der Waals surface area contributed by atoms with Crippen molar-refractivity contribution >= 4 is 5.97 Å². The van der Waals surface area contributed by atoms with Gasteiger partial charge >= 0.3 is 5.97 Å². The number of ether oxygens (including phenoxy) is 1. The molecule has 0 fully saturated rings. The molecule has 0 aromatic heterocycles. The first-order chi connectivity index (χ1) is 7.81. The zero-order chi connectivity index (χ0) is 12.1. The summed E-state index contributed by atoms with van der Waals surface area (Å²) in [7, 11) is 0. The summed E-state index contributed by atoms with van der Waals surface area (Å²) >= 11 is 0. The van der Waals surface area contributed by atoms with Crippen molar-refractivity contribution in [3.8, 4) is 0 Å². The van der Waals surface area contributed by atoms with Crippen molar-refractivity contribution in [2.75, 3.05) is 6.61 Å². The van der Waals surface area contributed by atoms with E-state index in [-0.39, 0.29) is 27.7 Å². The van der Waals surface area contributed by atoms with E-state index < -0.39 is 0 Å². The molecule has 0 saturated heterocycles. The number of carbonyl (C=O) groups excluding carboxylic acids is 1. The van der Waals surface area contributed by atoms with Gasteiger partial charge in [0.1, 0.15) is 0 Å². The largest absolute Gasteiger partial charge is 0.466 e. The van der Waals surface area contributed by atoms with Gasteiger partial charge in [-0.05, 0) is 13.3 Å². The molecule has 17 heavy (non-hydrogen) atoms. The monoisotopic (exact) mass is 276 g/mol. The molecule has 0 aromatic carbocycles. The van der Waals surface area contributed by atoms with Crippen LogP contribution in [0.4, 0.5) is 0 Å². The molecule has 0 heterocycles. The molecule has 0 aliphatic rings. The van der Waals surface area contributed by atoms with Crippen molar-refractivity contribution in [2.45, 2.75) is 78.1 Å². The Morgan fingerprint density at radius 3 is 1.76 bits per heavy atom. The van der Waals surface area contributed by atoms with E-state index in [1.165, 1.54) is 51.4 Å². The molecular formula is C14H28O2Ti. The Morgan fingerprint density at radius 1 is 0.824 bits per heavy atom. The van der Waals surface area contributed by atoms with Gasteiger partial charge in [0.2, 0.25) is 0 Å². The van der Waals surface area contributed by atoms with Crippen LogP contribution < -0.4 is 0 Å². The standard InChI is InChI=1S/C14H28O2.Ti/c1-3-5-6-7-8-9-10-11-12-13-14(15)16-4-2;/h3-13H2,1-2H3;. The number of hydrogen-bond acceptors (Lipinski definition) is 2. The normalized spacial score (nSPS) is 9.76. The molecule has 0 aliphatic heterocycles. The van der Waals surface area contributed by atoms with Crippen molar-refractivity contribution < 1.29 is 31.2 Å². The van der Waals surface area contributed by atoms with Crippen LogP contribution in [0.1, 0.15) is 78.1 Å². The van der Waals surface area contributed by atoms with Gasteiger partial charge < -0.3 is 4.74 Å². The Hall–Kier alpha value is 0.184. The summed E-state index contributed by atoms with van der Waals surface area (Å²) in [5.74, 6) is -0.0366. The Labute approximate surface area is 122 Å². The van der Waals surface area contributed by atoms with Gasteiger partial charge in [-0.25, -0.2) is 0 Å². The maximum Gasteiger partial charge on any atom is 0.305 e. The van der Waals surface area contributed by atoms with Gasteiger partial charge in [-0.1, -0.05) is 58.3 Å². The predicted molar refractivity (Wildman–Crippen MR) is 68.5 cm³/mol. The van der Waals surface area contributed by atoms with E-state index in [4.69, 9.17) is 4.74 Å². The number of unbranched alkanes of at least 4 members (excludes halogenated alkanes) is 8. The minimum Gasteiger partial charge on any atom is -0.466 e. The van der Waals surface area contributed by atoms with Crippen LogP contribution in [0.5, 0.6) is 0 Å². The van der Waals surface area contributed by atoms with Gasteiger partial charge in [-0.15, -0.1) is 0 Å². The quantitative estimate of drug-likeness (QED) is 0.316. The molecule has 0 saturated carbocycles. The first-order valence-electron chi connectivity index (χ1n) is 6.96. The van der Waals surface area contributed by atoms with Gasteiger partial charge in [-0.2, -0.15) is 0 Å². The summed E-state index contributed by atoms with van der Waals surface area (Å²) in [6.45, 7) is 4.61. The Morgan fingerprint density at radius 2 is 1.29 bits per heavy atom. The van der Waals surface area contributed by atoms with Gasteiger partial charge in [-0.3, -0.25) is 4.79 Å². The van der Waals surface area contributed by atoms with Crippen LogP contribution in [0.15, 0.2) is 0 Å². The molecule has 3 heteroatoms. The zero-order valence-corrected chi connectivity index (χ0v) is 13.2. The van der Waals surface area contributed by atoms with Crippen LogP contribution in [0.2, 0.25) is 0 Å². The summed E-state index contributed by atoms with van der Waals surface area (Å²) in [5, 5.41) is 0. The van der Waals surface area contributed by atoms with Crippen molar-refractivity contribution in [1.82, 2.24) is 0 Å². The van der Waals surface area contributed by atoms with E-state index in [0.29, 0.717) is 13.0 Å². The van der Waals surface area contributed by atoms with E-state index in [0.717, 1.165) is 6.42 Å². The molecule has 0 unspecified atom stereocenters. The molecule has 0 aliphatic carbocycles. The van der Waals surface area contributed by atoms with Crippen LogP contribution in [-0.4, -0.2) is 12.6 Å². The van der Waals surface area contributed by atoms with Crippen molar-refractivity contribution in [3.05, 3.63) is 0 Å². The molecule has 0 spiro atoms. The second kappa shape index (κ2) is 16.2. The van der Waals surface area contributed by atoms with Gasteiger partial charge in [0, 0.05) is 28.1 Å². The van der Waals surface area contributed by atoms with E-state index in [2.05, 4.69) is 6.92 Å². The summed E-state index contributed by atoms with van der Waals surface area (Å²) in [5.41, 5.74) is 0. The smallest absolute Gasteiger partial charge is 0.305 e. The average molecular weight is 276 g/mol. The van der Waals surface area contributed by atoms with Gasteiger partial charge in [0.05, 0.1) is 6.61 Å². The van der Waals surface area contributed by atoms with Crippen LogP contribution in [0.25, 0.3) is 0 Å². The third-order valence-corrected chi connectivity index (χ3v) is 2.79. The number of esters is 1. The second-order valence-electron chi connectivity index (χ2n) is 4.38. The Bertz CT molecular complexity index is 160. The van der Waals surface area contributed by atoms with E-state index in [9.17, 15) is 4.79 Å². The molecule has 2 nitrogen and oxygen atoms in total. The van der Waals surface area contributed by atoms with Crippen molar-refractivity contribution in [3.63, 3.8) is 0 Å². The molecular weight excluding hydrogens is 248 g/mol. The maximum absolute atomic E-state index is 11.0. The second-order valence-corrected chi connectivity index (χ2v) is 4.38. The minimum atomic E-state index is -0.0366. The molecule has 0 radical (unpaired) electrons. The summed E-state index contributed by atoms with van der Waals surface area (Å²) < 4.78 is 4.87. The van der Waals surface area contributed by atoms with Crippen LogP contribution >= 0.6 is 0 Å². The van der Waals surface area contributed by atoms with Crippen LogP contribution in [-0.2, 0) is 31.2 Å². The average Bonchev–Trinajstić information content (AvgIpc) is 2.27. The molecule has 100 valence electrons. The van der Waals surface area contributed by atoms with Crippen molar-refractivity contribution in [1.29, 1.82) is 0 Å². The van der Waals surface area contributed by atoms with Crippen molar-refractivity contribution in [2.24, 2.45) is 0 Å². The SMILES string of the molecule is CCCCCCCCCCCC(=O)OCC.[Ti]. The number of hydrogen-bond donors (Lipinski definition) is 0. The molecule has 0 N–H and O–H groups in total. The number of carbonyl (C=O) groups is 1. The van der Waals surface area contributed by atoms with E-state index in [1.807, 2.05) is 6.92 Å². The molecule has 0 aromatic rings. The first-order valence-corrected chi connectivity index (χ1v) is 6.96. The minimum absolute atomic E-state index is 0. The molecule has 0 atom stereocenters. The first kappa shape index (κ1) is 19.5. The third kappa shape index (κ3) is 16.2. The van der Waals surface area contributed by atoms with E-state index in [1.54, 1.807) is 0 Å². The van der Waals surface area contributed by atoms with E-state index >= 15 is 0 Å². The Balaban J connectivity index is 0. The van der Waals surface area contributed by atoms with Gasteiger partial charge in [0.25, 0.3) is 0 Å². The number of rotatable bonds is 11. The van der Waals surface area contributed by atoms with Gasteiger partial charge in [0.15, 0.2) is 0 Å². The predicted octanol–water partition coefficient (Wildman–Crippen LogP) is 4.47. The van der Waals surface area contributed by atoms with Crippen LogP contribution in [0.3, 0.4) is 0 Å². The third-order valence-electron chi connectivity index (χ3n) is 2.79. The maximum atomic E-state index is 11.0. The fraction of sp³-hybridized carbons (Fsp3) is 0.929. The van der Waals surface area contributed by atoms with Crippen LogP contribution in [0, 0.1) is 0 Å². The molecule has 0 rings (SSSR count). The fourth-order valence-corrected chi connectivity index (χ4v) is 1.81. The summed E-state index contributed by atoms with van der Waals surface area (Å²) in [4.78, 5) is 11.0. The topological polar surface area (TPSA) is 26.3 Å². The Kier molecular flexibility index (Phi) is 18.6.